The predicted molar refractivity (Wildman–Crippen MR) is 106 cm³/mol. The maximum absolute atomic E-state index is 12.9. The second kappa shape index (κ2) is 7.98. The number of carbonyl (C=O) groups is 2. The summed E-state index contributed by atoms with van der Waals surface area (Å²) in [6.45, 7) is 1.62. The first kappa shape index (κ1) is 21.0. The average Bonchev–Trinajstić information content (AvgIpc) is 3.23. The van der Waals surface area contributed by atoms with Gasteiger partial charge in [0.05, 0.1) is 11.4 Å². The molecule has 2 saturated heterocycles. The van der Waals surface area contributed by atoms with Gasteiger partial charge < -0.3 is 16.0 Å². The molecule has 1 aromatic rings. The zero-order valence-corrected chi connectivity index (χ0v) is 17.0. The molecule has 0 spiro atoms. The van der Waals surface area contributed by atoms with Gasteiger partial charge in [0, 0.05) is 37.8 Å². The van der Waals surface area contributed by atoms with E-state index in [0.717, 1.165) is 17.1 Å². The van der Waals surface area contributed by atoms with Crippen LogP contribution in [-0.4, -0.2) is 68.2 Å². The summed E-state index contributed by atoms with van der Waals surface area (Å²) in [5, 5.41) is 2.61. The van der Waals surface area contributed by atoms with Crippen molar-refractivity contribution in [3.63, 3.8) is 0 Å². The van der Waals surface area contributed by atoms with Gasteiger partial charge in [-0.1, -0.05) is 6.07 Å². The number of halogens is 1. The number of nitrogens with zero attached hydrogens (tertiary/aromatic N) is 2. The Morgan fingerprint density at radius 2 is 2.00 bits per heavy atom. The van der Waals surface area contributed by atoms with E-state index in [1.165, 1.54) is 12.1 Å². The molecule has 2 heterocycles. The Morgan fingerprint density at radius 1 is 1.21 bits per heavy atom. The van der Waals surface area contributed by atoms with E-state index in [1.807, 2.05) is 0 Å². The van der Waals surface area contributed by atoms with E-state index in [4.69, 9.17) is 5.73 Å². The number of benzene rings is 1. The standard InChI is InChI=1S/C18H24N4O4S.ClH/c19-16-5-4-13-9-21(10-15(13)16)18(24)12-2-1-3-14(8-12)27(25,26)22-7-6-20-17(23)11-22;/h1-3,8,13,15-16H,4-7,9-11,19H2,(H,20,23);1H. The lowest BCUT2D eigenvalue weighted by Gasteiger charge is -2.26. The Hall–Kier alpha value is -1.68. The number of amides is 2. The van der Waals surface area contributed by atoms with Gasteiger partial charge in [-0.05, 0) is 42.9 Å². The molecule has 2 aliphatic heterocycles. The van der Waals surface area contributed by atoms with Crippen LogP contribution in [0.1, 0.15) is 23.2 Å². The molecule has 154 valence electrons. The van der Waals surface area contributed by atoms with Gasteiger partial charge in [-0.3, -0.25) is 9.59 Å². The largest absolute Gasteiger partial charge is 0.354 e. The lowest BCUT2D eigenvalue weighted by atomic mass is 9.98. The van der Waals surface area contributed by atoms with E-state index < -0.39 is 10.0 Å². The Bertz CT molecular complexity index is 878. The maximum atomic E-state index is 12.9. The minimum atomic E-state index is -3.82. The van der Waals surface area contributed by atoms with Crippen molar-refractivity contribution < 1.29 is 18.0 Å². The van der Waals surface area contributed by atoms with Crippen LogP contribution < -0.4 is 11.1 Å². The topological polar surface area (TPSA) is 113 Å². The lowest BCUT2D eigenvalue weighted by Crippen LogP contribution is -2.49. The van der Waals surface area contributed by atoms with Gasteiger partial charge in [0.15, 0.2) is 0 Å². The van der Waals surface area contributed by atoms with Crippen LogP contribution >= 0.6 is 12.4 Å². The van der Waals surface area contributed by atoms with Crippen LogP contribution in [0.25, 0.3) is 0 Å². The van der Waals surface area contributed by atoms with Crippen LogP contribution in [0.4, 0.5) is 0 Å². The highest BCUT2D eigenvalue weighted by Gasteiger charge is 2.42. The first-order valence-electron chi connectivity index (χ1n) is 9.28. The van der Waals surface area contributed by atoms with E-state index >= 15 is 0 Å². The number of piperazine rings is 1. The molecule has 28 heavy (non-hydrogen) atoms. The molecule has 1 aliphatic carbocycles. The van der Waals surface area contributed by atoms with Crippen molar-refractivity contribution in [3.05, 3.63) is 29.8 Å². The number of likely N-dealkylation sites (tertiary alicyclic amines) is 1. The van der Waals surface area contributed by atoms with E-state index in [2.05, 4.69) is 5.32 Å². The summed E-state index contributed by atoms with van der Waals surface area (Å²) < 4.78 is 26.8. The van der Waals surface area contributed by atoms with Crippen molar-refractivity contribution in [1.82, 2.24) is 14.5 Å². The fourth-order valence-corrected chi connectivity index (χ4v) is 5.86. The normalized spacial score (nSPS) is 27.8. The Labute approximate surface area is 170 Å². The Kier molecular flexibility index (Phi) is 6.00. The van der Waals surface area contributed by atoms with Crippen LogP contribution in [0.3, 0.4) is 0 Å². The molecular formula is C18H25ClN4O4S. The van der Waals surface area contributed by atoms with Crippen molar-refractivity contribution in [2.45, 2.75) is 23.8 Å². The van der Waals surface area contributed by atoms with Crippen LogP contribution in [-0.2, 0) is 14.8 Å². The molecule has 4 rings (SSSR count). The van der Waals surface area contributed by atoms with Gasteiger partial charge in [0.25, 0.3) is 5.91 Å². The summed E-state index contributed by atoms with van der Waals surface area (Å²) in [7, 11) is -3.82. The summed E-state index contributed by atoms with van der Waals surface area (Å²) in [6, 6.07) is 6.24. The highest BCUT2D eigenvalue weighted by molar-refractivity contribution is 7.89. The molecule has 0 aromatic heterocycles. The number of hydrogen-bond donors (Lipinski definition) is 2. The molecule has 1 saturated carbocycles. The maximum Gasteiger partial charge on any atom is 0.253 e. The van der Waals surface area contributed by atoms with E-state index in [0.29, 0.717) is 30.5 Å². The molecule has 3 atom stereocenters. The van der Waals surface area contributed by atoms with Crippen molar-refractivity contribution in [3.8, 4) is 0 Å². The first-order chi connectivity index (χ1) is 12.9. The van der Waals surface area contributed by atoms with Gasteiger partial charge >= 0.3 is 0 Å². The third-order valence-corrected chi connectivity index (χ3v) is 7.76. The van der Waals surface area contributed by atoms with Crippen molar-refractivity contribution in [2.75, 3.05) is 32.7 Å². The van der Waals surface area contributed by atoms with Crippen LogP contribution in [0.15, 0.2) is 29.2 Å². The van der Waals surface area contributed by atoms with Crippen molar-refractivity contribution in [2.24, 2.45) is 17.6 Å². The highest BCUT2D eigenvalue weighted by Crippen LogP contribution is 2.37. The smallest absolute Gasteiger partial charge is 0.253 e. The molecular weight excluding hydrogens is 404 g/mol. The molecule has 0 bridgehead atoms. The number of nitrogens with two attached hydrogens (primary N) is 1. The summed E-state index contributed by atoms with van der Waals surface area (Å²) in [4.78, 5) is 26.3. The third-order valence-electron chi connectivity index (χ3n) is 5.92. The zero-order chi connectivity index (χ0) is 19.2. The minimum absolute atomic E-state index is 0. The van der Waals surface area contributed by atoms with Crippen LogP contribution in [0.2, 0.25) is 0 Å². The summed E-state index contributed by atoms with van der Waals surface area (Å²) in [6.07, 6.45) is 2.05. The van der Waals surface area contributed by atoms with E-state index in [-0.39, 0.29) is 54.8 Å². The quantitative estimate of drug-likeness (QED) is 0.705. The van der Waals surface area contributed by atoms with Gasteiger partial charge in [-0.25, -0.2) is 8.42 Å². The summed E-state index contributed by atoms with van der Waals surface area (Å²) in [5.41, 5.74) is 6.49. The number of carbonyl (C=O) groups excluding carboxylic acids is 2. The predicted octanol–water partition coefficient (Wildman–Crippen LogP) is 0.0382. The first-order valence-corrected chi connectivity index (χ1v) is 10.7. The monoisotopic (exact) mass is 428 g/mol. The molecule has 0 radical (unpaired) electrons. The molecule has 3 fully saturated rings. The molecule has 1 aromatic carbocycles. The highest BCUT2D eigenvalue weighted by atomic mass is 35.5. The zero-order valence-electron chi connectivity index (χ0n) is 15.4. The number of rotatable bonds is 3. The van der Waals surface area contributed by atoms with Crippen LogP contribution in [0.5, 0.6) is 0 Å². The Morgan fingerprint density at radius 3 is 2.71 bits per heavy atom. The van der Waals surface area contributed by atoms with E-state index in [9.17, 15) is 18.0 Å². The average molecular weight is 429 g/mol. The van der Waals surface area contributed by atoms with E-state index in [1.54, 1.807) is 17.0 Å². The fraction of sp³-hybridized carbons (Fsp3) is 0.556. The van der Waals surface area contributed by atoms with Crippen LogP contribution in [0, 0.1) is 11.8 Å². The fourth-order valence-electron chi connectivity index (χ4n) is 4.41. The van der Waals surface area contributed by atoms with Crippen molar-refractivity contribution in [1.29, 1.82) is 0 Å². The third kappa shape index (κ3) is 3.76. The van der Waals surface area contributed by atoms with Gasteiger partial charge in [0.1, 0.15) is 0 Å². The Balaban J connectivity index is 0.00000225. The number of sulfonamides is 1. The van der Waals surface area contributed by atoms with Gasteiger partial charge in [0.2, 0.25) is 15.9 Å². The summed E-state index contributed by atoms with van der Waals surface area (Å²) in [5.74, 6) is 0.303. The minimum Gasteiger partial charge on any atom is -0.354 e. The number of fused-ring (bicyclic) bond motifs is 1. The molecule has 2 amide bonds. The number of hydrogen-bond acceptors (Lipinski definition) is 5. The second-order valence-corrected chi connectivity index (χ2v) is 9.53. The molecule has 3 aliphatic rings. The van der Waals surface area contributed by atoms with Crippen molar-refractivity contribution >= 4 is 34.2 Å². The molecule has 10 heteroatoms. The summed E-state index contributed by atoms with van der Waals surface area (Å²) >= 11 is 0. The molecule has 3 unspecified atom stereocenters. The molecule has 3 N–H and O–H groups in total. The number of nitrogens with one attached hydrogen (secondary N) is 1. The lowest BCUT2D eigenvalue weighted by molar-refractivity contribution is -0.122. The molecule has 8 nitrogen and oxygen atoms in total. The van der Waals surface area contributed by atoms with Gasteiger partial charge in [-0.2, -0.15) is 4.31 Å². The second-order valence-electron chi connectivity index (χ2n) is 7.59. The van der Waals surface area contributed by atoms with Gasteiger partial charge in [-0.15, -0.1) is 12.4 Å². The SMILES string of the molecule is Cl.NC1CCC2CN(C(=O)c3cccc(S(=O)(=O)N4CCNC(=O)C4)c3)CC12.